The topological polar surface area (TPSA) is 79.8 Å². The molecule has 4 rings (SSSR count). The van der Waals surface area contributed by atoms with E-state index in [1.807, 2.05) is 30.3 Å². The number of ether oxygens (including phenoxy) is 1. The third-order valence-electron chi connectivity index (χ3n) is 6.05. The smallest absolute Gasteiger partial charge is 0.267 e. The summed E-state index contributed by atoms with van der Waals surface area (Å²) >= 11 is 0. The van der Waals surface area contributed by atoms with E-state index in [1.165, 1.54) is 12.8 Å². The highest BCUT2D eigenvalue weighted by molar-refractivity contribution is 6.41. The molecule has 6 heteroatoms. The first kappa shape index (κ1) is 18.0. The van der Waals surface area contributed by atoms with Gasteiger partial charge in [0.05, 0.1) is 6.61 Å². The van der Waals surface area contributed by atoms with E-state index < -0.39 is 0 Å². The zero-order valence-corrected chi connectivity index (χ0v) is 15.5. The molecule has 0 spiro atoms. The van der Waals surface area contributed by atoms with E-state index in [0.717, 1.165) is 38.0 Å². The van der Waals surface area contributed by atoms with Crippen LogP contribution in [0.3, 0.4) is 0 Å². The number of hydrogen-bond donors (Lipinski definition) is 2. The summed E-state index contributed by atoms with van der Waals surface area (Å²) in [6, 6.07) is 9.96. The van der Waals surface area contributed by atoms with Crippen molar-refractivity contribution in [2.45, 2.75) is 38.5 Å². The van der Waals surface area contributed by atoms with E-state index in [-0.39, 0.29) is 23.7 Å². The van der Waals surface area contributed by atoms with Crippen molar-refractivity contribution in [2.24, 2.45) is 28.8 Å². The van der Waals surface area contributed by atoms with Gasteiger partial charge in [-0.2, -0.15) is 5.10 Å². The van der Waals surface area contributed by atoms with Crippen molar-refractivity contribution in [1.29, 1.82) is 0 Å². The van der Waals surface area contributed by atoms with Crippen molar-refractivity contribution < 1.29 is 14.3 Å². The molecule has 2 saturated carbocycles. The van der Waals surface area contributed by atoms with Crippen LogP contribution in [0.5, 0.6) is 5.75 Å². The van der Waals surface area contributed by atoms with Gasteiger partial charge in [-0.3, -0.25) is 9.59 Å². The Kier molecular flexibility index (Phi) is 5.41. The third kappa shape index (κ3) is 4.49. The fraction of sp³-hybridized carbons (Fsp3) is 0.571. The maximum Gasteiger partial charge on any atom is 0.267 e. The molecule has 1 aliphatic heterocycles. The predicted octanol–water partition coefficient (Wildman–Crippen LogP) is 2.50. The summed E-state index contributed by atoms with van der Waals surface area (Å²) in [5.74, 6) is 2.04. The molecule has 2 fully saturated rings. The van der Waals surface area contributed by atoms with E-state index in [2.05, 4.69) is 15.8 Å². The summed E-state index contributed by atoms with van der Waals surface area (Å²) in [7, 11) is 0. The first-order valence-corrected chi connectivity index (χ1v) is 10.0. The monoisotopic (exact) mass is 369 g/mol. The number of amides is 2. The summed E-state index contributed by atoms with van der Waals surface area (Å²) in [5, 5.41) is 6.99. The molecule has 2 atom stereocenters. The Bertz CT molecular complexity index is 711. The lowest BCUT2D eigenvalue weighted by atomic mass is 9.80. The van der Waals surface area contributed by atoms with Gasteiger partial charge in [-0.1, -0.05) is 18.2 Å². The standard InChI is InChI=1S/C21H27N3O3/c25-20-18-12-17(18)19(23-24-20)21(26)22-13-15-8-6-14(7-9-15)10-11-27-16-4-2-1-3-5-16/h1-5,14-15,17-18H,6-13H2,(H,22,26)(H,24,25). The zero-order valence-electron chi connectivity index (χ0n) is 15.5. The summed E-state index contributed by atoms with van der Waals surface area (Å²) in [5.41, 5.74) is 2.96. The molecule has 0 aromatic heterocycles. The average Bonchev–Trinajstić information content (AvgIpc) is 3.50. The molecule has 0 bridgehead atoms. The minimum Gasteiger partial charge on any atom is -0.494 e. The van der Waals surface area contributed by atoms with Gasteiger partial charge in [0, 0.05) is 18.4 Å². The number of nitrogens with one attached hydrogen (secondary N) is 2. The van der Waals surface area contributed by atoms with Crippen molar-refractivity contribution in [3.63, 3.8) is 0 Å². The number of hydrazone groups is 1. The van der Waals surface area contributed by atoms with Crippen LogP contribution in [0.15, 0.2) is 35.4 Å². The van der Waals surface area contributed by atoms with Gasteiger partial charge in [-0.25, -0.2) is 5.43 Å². The molecule has 2 N–H and O–H groups in total. The summed E-state index contributed by atoms with van der Waals surface area (Å²) in [6.07, 6.45) is 6.53. The van der Waals surface area contributed by atoms with Crippen molar-refractivity contribution in [3.8, 4) is 5.75 Å². The maximum atomic E-state index is 12.3. The molecule has 144 valence electrons. The van der Waals surface area contributed by atoms with Gasteiger partial charge in [-0.15, -0.1) is 0 Å². The Morgan fingerprint density at radius 3 is 2.63 bits per heavy atom. The average molecular weight is 369 g/mol. The van der Waals surface area contributed by atoms with Crippen LogP contribution in [-0.2, 0) is 9.59 Å². The Morgan fingerprint density at radius 2 is 1.85 bits per heavy atom. The molecule has 1 aromatic carbocycles. The van der Waals surface area contributed by atoms with Gasteiger partial charge in [0.2, 0.25) is 5.91 Å². The van der Waals surface area contributed by atoms with Gasteiger partial charge in [0.15, 0.2) is 0 Å². The molecular weight excluding hydrogens is 342 g/mol. The summed E-state index contributed by atoms with van der Waals surface area (Å²) in [6.45, 7) is 1.47. The fourth-order valence-electron chi connectivity index (χ4n) is 4.20. The number of benzene rings is 1. The summed E-state index contributed by atoms with van der Waals surface area (Å²) in [4.78, 5) is 23.8. The molecular formula is C21H27N3O3. The lowest BCUT2D eigenvalue weighted by molar-refractivity contribution is -0.122. The van der Waals surface area contributed by atoms with Crippen LogP contribution in [-0.4, -0.2) is 30.7 Å². The molecule has 2 aliphatic carbocycles. The second-order valence-corrected chi connectivity index (χ2v) is 7.97. The molecule has 3 aliphatic rings. The van der Waals surface area contributed by atoms with Crippen LogP contribution >= 0.6 is 0 Å². The van der Waals surface area contributed by atoms with Crippen LogP contribution < -0.4 is 15.5 Å². The first-order valence-electron chi connectivity index (χ1n) is 10.0. The number of fused-ring (bicyclic) bond motifs is 1. The number of carbonyl (C=O) groups excluding carboxylic acids is 2. The fourth-order valence-corrected chi connectivity index (χ4v) is 4.20. The van der Waals surface area contributed by atoms with Crippen LogP contribution in [0.4, 0.5) is 0 Å². The van der Waals surface area contributed by atoms with Crippen molar-refractivity contribution in [3.05, 3.63) is 30.3 Å². The number of para-hydroxylation sites is 1. The number of nitrogens with zero attached hydrogens (tertiary/aromatic N) is 1. The summed E-state index contributed by atoms with van der Waals surface area (Å²) < 4.78 is 5.80. The number of hydrogen-bond acceptors (Lipinski definition) is 4. The molecule has 1 aromatic rings. The van der Waals surface area contributed by atoms with Crippen molar-refractivity contribution >= 4 is 17.5 Å². The highest BCUT2D eigenvalue weighted by Crippen LogP contribution is 2.41. The van der Waals surface area contributed by atoms with Crippen LogP contribution in [0, 0.1) is 23.7 Å². The number of rotatable bonds is 7. The zero-order chi connectivity index (χ0) is 18.6. The maximum absolute atomic E-state index is 12.3. The van der Waals surface area contributed by atoms with Crippen molar-refractivity contribution in [2.75, 3.05) is 13.2 Å². The molecule has 1 heterocycles. The minimum atomic E-state index is -0.110. The first-order chi connectivity index (χ1) is 13.2. The van der Waals surface area contributed by atoms with E-state index in [1.54, 1.807) is 0 Å². The van der Waals surface area contributed by atoms with Gasteiger partial charge in [0.1, 0.15) is 11.5 Å². The second-order valence-electron chi connectivity index (χ2n) is 7.97. The van der Waals surface area contributed by atoms with Crippen LogP contribution in [0.25, 0.3) is 0 Å². The predicted molar refractivity (Wildman–Crippen MR) is 102 cm³/mol. The second kappa shape index (κ2) is 8.11. The van der Waals surface area contributed by atoms with Gasteiger partial charge in [-0.05, 0) is 62.5 Å². The minimum absolute atomic E-state index is 0.0307. The molecule has 6 nitrogen and oxygen atoms in total. The number of carbonyl (C=O) groups is 2. The molecule has 2 amide bonds. The quantitative estimate of drug-likeness (QED) is 0.775. The van der Waals surface area contributed by atoms with E-state index in [9.17, 15) is 9.59 Å². The van der Waals surface area contributed by atoms with E-state index in [4.69, 9.17) is 4.74 Å². The van der Waals surface area contributed by atoms with Crippen molar-refractivity contribution in [1.82, 2.24) is 10.7 Å². The van der Waals surface area contributed by atoms with Crippen LogP contribution in [0.1, 0.15) is 38.5 Å². The highest BCUT2D eigenvalue weighted by Gasteiger charge is 2.51. The van der Waals surface area contributed by atoms with E-state index in [0.29, 0.717) is 24.1 Å². The highest BCUT2D eigenvalue weighted by atomic mass is 16.5. The van der Waals surface area contributed by atoms with Crippen LogP contribution in [0.2, 0.25) is 0 Å². The Hall–Kier alpha value is -2.37. The molecule has 0 saturated heterocycles. The molecule has 27 heavy (non-hydrogen) atoms. The lowest BCUT2D eigenvalue weighted by Crippen LogP contribution is -2.40. The van der Waals surface area contributed by atoms with Gasteiger partial charge in [0.25, 0.3) is 5.91 Å². The lowest BCUT2D eigenvalue weighted by Gasteiger charge is -2.28. The largest absolute Gasteiger partial charge is 0.494 e. The molecule has 0 radical (unpaired) electrons. The Morgan fingerprint density at radius 1 is 1.11 bits per heavy atom. The Balaban J connectivity index is 1.13. The normalized spacial score (nSPS) is 29.2. The van der Waals surface area contributed by atoms with Gasteiger partial charge >= 0.3 is 0 Å². The molecule has 2 unspecified atom stereocenters. The SMILES string of the molecule is O=C(NCC1CCC(CCOc2ccccc2)CC1)C1=NNC(=O)C2CC12. The third-order valence-corrected chi connectivity index (χ3v) is 6.05. The van der Waals surface area contributed by atoms with Gasteiger partial charge < -0.3 is 10.1 Å². The van der Waals surface area contributed by atoms with E-state index >= 15 is 0 Å². The Labute approximate surface area is 159 Å².